The number of rotatable bonds is 14. The van der Waals surface area contributed by atoms with Crippen LogP contribution in [0.4, 0.5) is 0 Å². The number of unbranched alkanes of at least 4 members (excludes halogenated alkanes) is 1. The number of para-hydroxylation sites is 1. The Kier molecular flexibility index (Phi) is 11.3. The first-order chi connectivity index (χ1) is 17.0. The summed E-state index contributed by atoms with van der Waals surface area (Å²) in [5.74, 6) is -0.450. The van der Waals surface area contributed by atoms with Gasteiger partial charge in [-0.05, 0) is 56.1 Å². The Labute approximate surface area is 208 Å². The molecule has 1 saturated carbocycles. The predicted molar refractivity (Wildman–Crippen MR) is 133 cm³/mol. The van der Waals surface area contributed by atoms with Gasteiger partial charge in [-0.3, -0.25) is 0 Å². The predicted octanol–water partition coefficient (Wildman–Crippen LogP) is 4.18. The van der Waals surface area contributed by atoms with Crippen LogP contribution in [0, 0.1) is 11.8 Å². The zero-order chi connectivity index (χ0) is 24.9. The van der Waals surface area contributed by atoms with Crippen LogP contribution in [0.15, 0.2) is 54.6 Å². The SMILES string of the molecule is CCCCOC(=O)C=C/C=C\CC[C@@H]1[C@@H](CCC2(COc3ccccc3)OCCO2)[C@H](O)C[C@@H]1O. The molecule has 0 bridgehead atoms. The second-order valence-corrected chi connectivity index (χ2v) is 9.33. The van der Waals surface area contributed by atoms with Crippen LogP contribution in [0.3, 0.4) is 0 Å². The summed E-state index contributed by atoms with van der Waals surface area (Å²) in [5, 5.41) is 21.2. The largest absolute Gasteiger partial charge is 0.488 e. The van der Waals surface area contributed by atoms with Crippen LogP contribution >= 0.6 is 0 Å². The van der Waals surface area contributed by atoms with Gasteiger partial charge in [-0.2, -0.15) is 0 Å². The van der Waals surface area contributed by atoms with Crippen molar-refractivity contribution in [3.63, 3.8) is 0 Å². The van der Waals surface area contributed by atoms with Crippen LogP contribution in [0.1, 0.15) is 51.9 Å². The molecule has 35 heavy (non-hydrogen) atoms. The van der Waals surface area contributed by atoms with E-state index in [1.807, 2.05) is 49.4 Å². The van der Waals surface area contributed by atoms with Crippen molar-refractivity contribution in [3.05, 3.63) is 54.6 Å². The van der Waals surface area contributed by atoms with Gasteiger partial charge >= 0.3 is 5.97 Å². The van der Waals surface area contributed by atoms with Gasteiger partial charge in [0.05, 0.1) is 32.0 Å². The Morgan fingerprint density at radius 1 is 1.09 bits per heavy atom. The van der Waals surface area contributed by atoms with Crippen molar-refractivity contribution >= 4 is 5.97 Å². The van der Waals surface area contributed by atoms with Crippen LogP contribution in [0.2, 0.25) is 0 Å². The van der Waals surface area contributed by atoms with Gasteiger partial charge in [-0.1, -0.05) is 49.8 Å². The first-order valence-corrected chi connectivity index (χ1v) is 12.8. The minimum Gasteiger partial charge on any atom is -0.488 e. The van der Waals surface area contributed by atoms with E-state index in [-0.39, 0.29) is 24.4 Å². The quantitative estimate of drug-likeness (QED) is 0.176. The van der Waals surface area contributed by atoms with E-state index in [1.54, 1.807) is 6.08 Å². The van der Waals surface area contributed by atoms with E-state index < -0.39 is 18.0 Å². The van der Waals surface area contributed by atoms with Gasteiger partial charge in [0.2, 0.25) is 5.79 Å². The van der Waals surface area contributed by atoms with Crippen molar-refractivity contribution in [1.82, 2.24) is 0 Å². The molecule has 3 rings (SSSR count). The standard InChI is InChI=1S/C28H40O7/c1-2-3-17-32-27(31)14-10-5-4-9-13-23-24(26(30)20-25(23)29)15-16-28(34-18-19-35-28)21-33-22-11-7-6-8-12-22/h4-8,10-12,14,23-26,29-30H,2-3,9,13,15-21H2,1H3/b5-4-,14-10?/t23-,24-,25+,26-/m1/s1. The molecular weight excluding hydrogens is 448 g/mol. The molecule has 2 aliphatic rings. The highest BCUT2D eigenvalue weighted by Crippen LogP contribution is 2.40. The summed E-state index contributed by atoms with van der Waals surface area (Å²) in [7, 11) is 0. The minimum atomic E-state index is -0.829. The highest BCUT2D eigenvalue weighted by atomic mass is 16.8. The lowest BCUT2D eigenvalue weighted by Crippen LogP contribution is -2.38. The van der Waals surface area contributed by atoms with E-state index in [0.717, 1.165) is 31.4 Å². The number of aliphatic hydroxyl groups excluding tert-OH is 2. The van der Waals surface area contributed by atoms with Crippen molar-refractivity contribution in [2.24, 2.45) is 11.8 Å². The van der Waals surface area contributed by atoms with E-state index >= 15 is 0 Å². The van der Waals surface area contributed by atoms with E-state index in [0.29, 0.717) is 39.1 Å². The van der Waals surface area contributed by atoms with Gasteiger partial charge < -0.3 is 29.2 Å². The Balaban J connectivity index is 1.47. The molecule has 4 atom stereocenters. The minimum absolute atomic E-state index is 0.00821. The van der Waals surface area contributed by atoms with E-state index in [2.05, 4.69) is 0 Å². The maximum absolute atomic E-state index is 11.6. The molecular formula is C28H40O7. The maximum Gasteiger partial charge on any atom is 0.330 e. The van der Waals surface area contributed by atoms with Crippen LogP contribution in [-0.4, -0.2) is 60.6 Å². The monoisotopic (exact) mass is 488 g/mol. The molecule has 2 N–H and O–H groups in total. The first kappa shape index (κ1) is 27.4. The number of aliphatic hydroxyl groups is 2. The Morgan fingerprint density at radius 2 is 1.80 bits per heavy atom. The molecule has 1 aromatic carbocycles. The third-order valence-electron chi connectivity index (χ3n) is 6.78. The van der Waals surface area contributed by atoms with Crippen molar-refractivity contribution in [3.8, 4) is 5.75 Å². The number of ether oxygens (including phenoxy) is 4. The second-order valence-electron chi connectivity index (χ2n) is 9.33. The van der Waals surface area contributed by atoms with Crippen LogP contribution in [0.25, 0.3) is 0 Å². The smallest absolute Gasteiger partial charge is 0.330 e. The summed E-state index contributed by atoms with van der Waals surface area (Å²) in [6.45, 7) is 3.81. The maximum atomic E-state index is 11.6. The fourth-order valence-corrected chi connectivity index (χ4v) is 4.84. The normalized spacial score (nSPS) is 26.0. The van der Waals surface area contributed by atoms with E-state index in [1.165, 1.54) is 6.08 Å². The number of hydrogen-bond acceptors (Lipinski definition) is 7. The lowest BCUT2D eigenvalue weighted by molar-refractivity contribution is -0.185. The van der Waals surface area contributed by atoms with Gasteiger partial charge in [-0.25, -0.2) is 4.79 Å². The van der Waals surface area contributed by atoms with Crippen LogP contribution in [0.5, 0.6) is 5.75 Å². The molecule has 0 radical (unpaired) electrons. The molecule has 1 saturated heterocycles. The van der Waals surface area contributed by atoms with Crippen molar-refractivity contribution in [1.29, 1.82) is 0 Å². The topological polar surface area (TPSA) is 94.5 Å². The third-order valence-corrected chi connectivity index (χ3v) is 6.78. The molecule has 1 heterocycles. The van der Waals surface area contributed by atoms with Gasteiger partial charge in [-0.15, -0.1) is 0 Å². The summed E-state index contributed by atoms with van der Waals surface area (Å²) in [4.78, 5) is 11.6. The number of hydrogen-bond donors (Lipinski definition) is 2. The highest BCUT2D eigenvalue weighted by molar-refractivity contribution is 5.82. The number of benzene rings is 1. The van der Waals surface area contributed by atoms with E-state index in [9.17, 15) is 15.0 Å². The molecule has 194 valence electrons. The Hall–Kier alpha value is -2.19. The molecule has 7 nitrogen and oxygen atoms in total. The van der Waals surface area contributed by atoms with Gasteiger partial charge in [0.25, 0.3) is 0 Å². The summed E-state index contributed by atoms with van der Waals surface area (Å²) in [5.41, 5.74) is 0. The lowest BCUT2D eigenvalue weighted by atomic mass is 9.85. The molecule has 7 heteroatoms. The Morgan fingerprint density at radius 3 is 2.51 bits per heavy atom. The zero-order valence-electron chi connectivity index (χ0n) is 20.7. The van der Waals surface area contributed by atoms with Crippen molar-refractivity contribution in [2.75, 3.05) is 26.4 Å². The summed E-state index contributed by atoms with van der Waals surface area (Å²) in [6, 6.07) is 9.57. The molecule has 0 unspecified atom stereocenters. The zero-order valence-corrected chi connectivity index (χ0v) is 20.7. The fourth-order valence-electron chi connectivity index (χ4n) is 4.84. The number of carbonyl (C=O) groups excluding carboxylic acids is 1. The molecule has 1 aliphatic carbocycles. The Bertz CT molecular complexity index is 801. The number of allylic oxidation sites excluding steroid dienone is 3. The van der Waals surface area contributed by atoms with Crippen LogP contribution in [-0.2, 0) is 19.0 Å². The fraction of sp³-hybridized carbons (Fsp3) is 0.607. The van der Waals surface area contributed by atoms with Crippen molar-refractivity contribution < 1.29 is 34.0 Å². The lowest BCUT2D eigenvalue weighted by Gasteiger charge is -2.30. The molecule has 1 aromatic rings. The summed E-state index contributed by atoms with van der Waals surface area (Å²) in [6.07, 6.45) is 10.8. The first-order valence-electron chi connectivity index (χ1n) is 12.8. The molecule has 2 fully saturated rings. The van der Waals surface area contributed by atoms with E-state index in [4.69, 9.17) is 18.9 Å². The molecule has 0 spiro atoms. The van der Waals surface area contributed by atoms with Crippen molar-refractivity contribution in [2.45, 2.75) is 69.9 Å². The van der Waals surface area contributed by atoms with Crippen LogP contribution < -0.4 is 4.74 Å². The molecule has 1 aliphatic heterocycles. The average molecular weight is 489 g/mol. The third kappa shape index (κ3) is 8.76. The average Bonchev–Trinajstić information content (AvgIpc) is 3.43. The van der Waals surface area contributed by atoms with Gasteiger partial charge in [0.15, 0.2) is 0 Å². The van der Waals surface area contributed by atoms with Gasteiger partial charge in [0, 0.05) is 12.5 Å². The number of esters is 1. The highest BCUT2D eigenvalue weighted by Gasteiger charge is 2.44. The molecule has 0 amide bonds. The second kappa shape index (κ2) is 14.4. The number of carbonyl (C=O) groups is 1. The summed E-state index contributed by atoms with van der Waals surface area (Å²) < 4.78 is 22.9. The summed E-state index contributed by atoms with van der Waals surface area (Å²) >= 11 is 0. The molecule has 0 aromatic heterocycles. The van der Waals surface area contributed by atoms with Gasteiger partial charge in [0.1, 0.15) is 12.4 Å².